The van der Waals surface area contributed by atoms with Crippen LogP contribution in [-0.4, -0.2) is 70.0 Å². The van der Waals surface area contributed by atoms with E-state index in [1.807, 2.05) is 13.1 Å². The number of benzene rings is 1. The molecule has 2 heterocycles. The number of fused-ring (bicyclic) bond motifs is 2. The first-order valence-electron chi connectivity index (χ1n) is 11.7. The molecular weight excluding hydrogens is 392 g/mol. The molecule has 0 radical (unpaired) electrons. The molecule has 2 N–H and O–H groups in total. The van der Waals surface area contributed by atoms with Crippen molar-refractivity contribution in [2.24, 2.45) is 16.3 Å². The zero-order valence-electron chi connectivity index (χ0n) is 19.0. The molecule has 2 saturated heterocycles. The molecule has 1 spiro atoms. The Bertz CT molecular complexity index is 803. The Morgan fingerprint density at radius 3 is 2.58 bits per heavy atom. The number of aliphatic imine (C=N–C) groups is 1. The highest BCUT2D eigenvalue weighted by molar-refractivity contribution is 5.80. The molecule has 0 amide bonds. The van der Waals surface area contributed by atoms with Crippen molar-refractivity contribution in [3.05, 3.63) is 23.8 Å². The van der Waals surface area contributed by atoms with Crippen LogP contribution in [0.1, 0.15) is 37.7 Å². The summed E-state index contributed by atoms with van der Waals surface area (Å²) in [6.07, 6.45) is 6.71. The summed E-state index contributed by atoms with van der Waals surface area (Å²) in [5.74, 6) is 3.29. The molecule has 2 saturated carbocycles. The number of rotatable bonds is 6. The van der Waals surface area contributed by atoms with Crippen LogP contribution in [0.25, 0.3) is 0 Å². The third-order valence-corrected chi connectivity index (χ3v) is 7.98. The van der Waals surface area contributed by atoms with Gasteiger partial charge in [-0.05, 0) is 43.4 Å². The van der Waals surface area contributed by atoms with Crippen LogP contribution < -0.4 is 20.1 Å². The van der Waals surface area contributed by atoms with Gasteiger partial charge in [0.15, 0.2) is 5.96 Å². The third-order valence-electron chi connectivity index (χ3n) is 7.98. The summed E-state index contributed by atoms with van der Waals surface area (Å²) in [5, 5.41) is 7.49. The molecule has 7 heteroatoms. The quantitative estimate of drug-likeness (QED) is 0.536. The molecule has 170 valence electrons. The minimum atomic E-state index is 0.367. The Hall–Kier alpha value is -1.99. The fourth-order valence-electron chi connectivity index (χ4n) is 6.28. The summed E-state index contributed by atoms with van der Waals surface area (Å²) in [6, 6.07) is 7.04. The lowest BCUT2D eigenvalue weighted by atomic mass is 9.46. The van der Waals surface area contributed by atoms with Crippen LogP contribution >= 0.6 is 0 Å². The fraction of sp³-hybridized carbons (Fsp3) is 0.708. The van der Waals surface area contributed by atoms with E-state index < -0.39 is 0 Å². The predicted molar refractivity (Wildman–Crippen MR) is 121 cm³/mol. The van der Waals surface area contributed by atoms with Gasteiger partial charge in [-0.25, -0.2) is 0 Å². The van der Waals surface area contributed by atoms with E-state index in [0.29, 0.717) is 29.5 Å². The first-order chi connectivity index (χ1) is 15.1. The second-order valence-electron chi connectivity index (χ2n) is 9.61. The van der Waals surface area contributed by atoms with E-state index in [4.69, 9.17) is 14.2 Å². The van der Waals surface area contributed by atoms with E-state index in [9.17, 15) is 0 Å². The van der Waals surface area contributed by atoms with Crippen LogP contribution in [0.2, 0.25) is 0 Å². The van der Waals surface area contributed by atoms with Gasteiger partial charge in [0.25, 0.3) is 0 Å². The maximum Gasteiger partial charge on any atom is 0.191 e. The molecule has 5 rings (SSSR count). The standard InChI is InChI=1S/C24H36N4O3/c1-25-23(27-21-20-6-10-31-22(20)24(21)7-4-8-24)26-17-5-9-28(15-17)14-16-11-18(29-2)13-19(12-16)30-3/h11-13,17,20-22H,4-10,14-15H2,1-3H3,(H2,25,26,27). The van der Waals surface area contributed by atoms with Gasteiger partial charge in [0.2, 0.25) is 0 Å². The van der Waals surface area contributed by atoms with Crippen LogP contribution in [-0.2, 0) is 11.3 Å². The minimum absolute atomic E-state index is 0.367. The van der Waals surface area contributed by atoms with Crippen LogP contribution in [0.4, 0.5) is 0 Å². The van der Waals surface area contributed by atoms with Gasteiger partial charge in [0, 0.05) is 62.8 Å². The van der Waals surface area contributed by atoms with Gasteiger partial charge in [0.05, 0.1) is 20.3 Å². The normalized spacial score (nSPS) is 31.6. The van der Waals surface area contributed by atoms with Crippen LogP contribution in [0, 0.1) is 11.3 Å². The largest absolute Gasteiger partial charge is 0.497 e. The van der Waals surface area contributed by atoms with Crippen LogP contribution in [0.5, 0.6) is 11.5 Å². The average molecular weight is 429 g/mol. The number of hydrogen-bond acceptors (Lipinski definition) is 5. The van der Waals surface area contributed by atoms with E-state index >= 15 is 0 Å². The molecule has 1 aromatic rings. The number of guanidine groups is 1. The van der Waals surface area contributed by atoms with Gasteiger partial charge in [-0.3, -0.25) is 9.89 Å². The highest BCUT2D eigenvalue weighted by Crippen LogP contribution is 2.62. The van der Waals surface area contributed by atoms with Gasteiger partial charge in [-0.2, -0.15) is 0 Å². The van der Waals surface area contributed by atoms with E-state index in [2.05, 4.69) is 32.7 Å². The zero-order valence-corrected chi connectivity index (χ0v) is 19.0. The number of methoxy groups -OCH3 is 2. The second-order valence-corrected chi connectivity index (χ2v) is 9.61. The number of ether oxygens (including phenoxy) is 3. The van der Waals surface area contributed by atoms with Gasteiger partial charge in [-0.1, -0.05) is 6.42 Å². The SMILES string of the molecule is CN=C(NC1CCN(Cc2cc(OC)cc(OC)c2)C1)NC1C2CCOC2C12CCC2. The van der Waals surface area contributed by atoms with Gasteiger partial charge < -0.3 is 24.8 Å². The molecule has 2 aliphatic carbocycles. The molecular formula is C24H36N4O3. The van der Waals surface area contributed by atoms with Gasteiger partial charge >= 0.3 is 0 Å². The van der Waals surface area contributed by atoms with Crippen molar-refractivity contribution in [3.8, 4) is 11.5 Å². The highest BCUT2D eigenvalue weighted by atomic mass is 16.5. The van der Waals surface area contributed by atoms with Crippen molar-refractivity contribution >= 4 is 5.96 Å². The first kappa shape index (κ1) is 20.9. The maximum absolute atomic E-state index is 6.07. The van der Waals surface area contributed by atoms with E-state index in [1.165, 1.54) is 31.2 Å². The van der Waals surface area contributed by atoms with Crippen molar-refractivity contribution in [2.75, 3.05) is 41.0 Å². The molecule has 31 heavy (non-hydrogen) atoms. The lowest BCUT2D eigenvalue weighted by molar-refractivity contribution is -0.171. The number of hydrogen-bond donors (Lipinski definition) is 2. The molecule has 4 atom stereocenters. The van der Waals surface area contributed by atoms with E-state index in [-0.39, 0.29) is 0 Å². The molecule has 4 fully saturated rings. The van der Waals surface area contributed by atoms with Crippen molar-refractivity contribution in [1.82, 2.24) is 15.5 Å². The average Bonchev–Trinajstić information content (AvgIpc) is 3.37. The van der Waals surface area contributed by atoms with Crippen molar-refractivity contribution in [1.29, 1.82) is 0 Å². The molecule has 7 nitrogen and oxygen atoms in total. The van der Waals surface area contributed by atoms with E-state index in [1.54, 1.807) is 14.2 Å². The monoisotopic (exact) mass is 428 g/mol. The number of nitrogens with one attached hydrogen (secondary N) is 2. The molecule has 0 bridgehead atoms. The summed E-state index contributed by atoms with van der Waals surface area (Å²) in [4.78, 5) is 7.05. The summed E-state index contributed by atoms with van der Waals surface area (Å²) >= 11 is 0. The molecule has 4 aliphatic rings. The van der Waals surface area contributed by atoms with Crippen molar-refractivity contribution < 1.29 is 14.2 Å². The van der Waals surface area contributed by atoms with Crippen LogP contribution in [0.3, 0.4) is 0 Å². The Balaban J connectivity index is 1.16. The summed E-state index contributed by atoms with van der Waals surface area (Å²) in [7, 11) is 5.28. The van der Waals surface area contributed by atoms with Crippen LogP contribution in [0.15, 0.2) is 23.2 Å². The molecule has 0 aromatic heterocycles. The van der Waals surface area contributed by atoms with Crippen molar-refractivity contribution in [3.63, 3.8) is 0 Å². The minimum Gasteiger partial charge on any atom is -0.497 e. The lowest BCUT2D eigenvalue weighted by Gasteiger charge is -2.63. The summed E-state index contributed by atoms with van der Waals surface area (Å²) in [5.41, 5.74) is 1.58. The van der Waals surface area contributed by atoms with Gasteiger partial charge in [0.1, 0.15) is 11.5 Å². The Morgan fingerprint density at radius 1 is 1.16 bits per heavy atom. The zero-order chi connectivity index (χ0) is 21.4. The topological polar surface area (TPSA) is 67.4 Å². The maximum atomic E-state index is 6.07. The number of likely N-dealkylation sites (tertiary alicyclic amines) is 1. The lowest BCUT2D eigenvalue weighted by Crippen LogP contribution is -2.72. The Kier molecular flexibility index (Phi) is 5.73. The molecule has 2 aliphatic heterocycles. The Labute approximate surface area is 185 Å². The van der Waals surface area contributed by atoms with Crippen molar-refractivity contribution in [2.45, 2.75) is 56.8 Å². The number of nitrogens with zero attached hydrogens (tertiary/aromatic N) is 2. The smallest absolute Gasteiger partial charge is 0.191 e. The predicted octanol–water partition coefficient (Wildman–Crippen LogP) is 2.40. The Morgan fingerprint density at radius 2 is 1.94 bits per heavy atom. The third kappa shape index (κ3) is 3.76. The summed E-state index contributed by atoms with van der Waals surface area (Å²) < 4.78 is 16.9. The van der Waals surface area contributed by atoms with Gasteiger partial charge in [-0.15, -0.1) is 0 Å². The first-order valence-corrected chi connectivity index (χ1v) is 11.7. The fourth-order valence-corrected chi connectivity index (χ4v) is 6.28. The second kappa shape index (κ2) is 8.51. The van der Waals surface area contributed by atoms with E-state index in [0.717, 1.165) is 50.1 Å². The highest BCUT2D eigenvalue weighted by Gasteiger charge is 2.66. The molecule has 4 unspecified atom stereocenters. The summed E-state index contributed by atoms with van der Waals surface area (Å²) in [6.45, 7) is 3.89. The molecule has 1 aromatic carbocycles.